The molecule has 0 amide bonds. The molecular formula is C14H15N2O4P. The number of amidine groups is 1. The number of methoxy groups -OCH3 is 1. The standard InChI is InChI=1S/C14H15N2O4P/c1-18-14(15)16-21(17,19-12-8-4-2-5-9-12)20-13-10-6-3-7-11-13/h2-11H,1H3,(H2,15,16,17). The normalized spacial score (nSPS) is 11.8. The van der Waals surface area contributed by atoms with Gasteiger partial charge in [-0.1, -0.05) is 36.4 Å². The number of benzene rings is 2. The molecule has 110 valence electrons. The summed E-state index contributed by atoms with van der Waals surface area (Å²) in [6, 6.07) is 16.8. The Kier molecular flexibility index (Phi) is 4.85. The van der Waals surface area contributed by atoms with E-state index in [2.05, 4.69) is 4.76 Å². The summed E-state index contributed by atoms with van der Waals surface area (Å²) >= 11 is 0. The van der Waals surface area contributed by atoms with Crippen molar-refractivity contribution in [1.82, 2.24) is 0 Å². The lowest BCUT2D eigenvalue weighted by Gasteiger charge is -2.15. The van der Waals surface area contributed by atoms with Crippen LogP contribution in [0.1, 0.15) is 0 Å². The van der Waals surface area contributed by atoms with E-state index in [1.54, 1.807) is 48.5 Å². The van der Waals surface area contributed by atoms with E-state index in [-0.39, 0.29) is 6.02 Å². The number of hydrogen-bond donors (Lipinski definition) is 1. The van der Waals surface area contributed by atoms with Crippen LogP contribution in [-0.4, -0.2) is 13.1 Å². The van der Waals surface area contributed by atoms with Crippen molar-refractivity contribution in [2.45, 2.75) is 0 Å². The molecule has 0 aliphatic rings. The average Bonchev–Trinajstić information content (AvgIpc) is 2.48. The van der Waals surface area contributed by atoms with E-state index in [0.29, 0.717) is 11.5 Å². The third kappa shape index (κ3) is 4.54. The van der Waals surface area contributed by atoms with E-state index < -0.39 is 7.75 Å². The van der Waals surface area contributed by atoms with Gasteiger partial charge in [-0.3, -0.25) is 0 Å². The van der Waals surface area contributed by atoms with Crippen molar-refractivity contribution >= 4 is 13.8 Å². The van der Waals surface area contributed by atoms with E-state index >= 15 is 0 Å². The number of nitrogens with two attached hydrogens (primary N) is 1. The Labute approximate surface area is 122 Å². The van der Waals surface area contributed by atoms with Gasteiger partial charge in [0.1, 0.15) is 11.5 Å². The molecule has 0 aromatic heterocycles. The van der Waals surface area contributed by atoms with Gasteiger partial charge in [0, 0.05) is 0 Å². The van der Waals surface area contributed by atoms with E-state index in [9.17, 15) is 4.57 Å². The highest BCUT2D eigenvalue weighted by molar-refractivity contribution is 7.53. The molecule has 0 spiro atoms. The Hall–Kier alpha value is -2.46. The van der Waals surface area contributed by atoms with Crippen molar-refractivity contribution in [2.24, 2.45) is 10.5 Å². The summed E-state index contributed by atoms with van der Waals surface area (Å²) in [5, 5.41) is 0. The first-order chi connectivity index (χ1) is 10.1. The van der Waals surface area contributed by atoms with Crippen molar-refractivity contribution in [1.29, 1.82) is 0 Å². The number of ether oxygens (including phenoxy) is 1. The number of para-hydroxylation sites is 2. The molecule has 0 bridgehead atoms. The Bertz CT molecular complexity index is 601. The molecule has 0 aliphatic heterocycles. The van der Waals surface area contributed by atoms with Crippen LogP contribution in [-0.2, 0) is 9.30 Å². The number of nitrogens with zero attached hydrogens (tertiary/aromatic N) is 1. The molecule has 0 saturated carbocycles. The molecule has 0 aliphatic carbocycles. The van der Waals surface area contributed by atoms with Gasteiger partial charge in [-0.05, 0) is 24.3 Å². The topological polar surface area (TPSA) is 83.1 Å². The molecule has 0 saturated heterocycles. The second kappa shape index (κ2) is 6.81. The molecule has 0 fully saturated rings. The van der Waals surface area contributed by atoms with Gasteiger partial charge in [0.25, 0.3) is 6.02 Å². The van der Waals surface area contributed by atoms with Crippen LogP contribution in [0.5, 0.6) is 11.5 Å². The molecule has 21 heavy (non-hydrogen) atoms. The molecule has 2 aromatic rings. The number of hydrogen-bond acceptors (Lipinski definition) is 4. The summed E-state index contributed by atoms with van der Waals surface area (Å²) in [7, 11) is -2.58. The summed E-state index contributed by atoms with van der Waals surface area (Å²) in [6.07, 6.45) is 0. The fraction of sp³-hybridized carbons (Fsp3) is 0.0714. The summed E-state index contributed by atoms with van der Waals surface area (Å²) in [5.41, 5.74) is 5.46. The third-order valence-corrected chi connectivity index (χ3v) is 3.68. The van der Waals surface area contributed by atoms with Crippen LogP contribution >= 0.6 is 7.75 Å². The van der Waals surface area contributed by atoms with Gasteiger partial charge in [-0.15, -0.1) is 4.76 Å². The van der Waals surface area contributed by atoms with Crippen molar-refractivity contribution in [3.05, 3.63) is 60.7 Å². The molecule has 0 heterocycles. The molecule has 0 radical (unpaired) electrons. The largest absolute Gasteiger partial charge is 0.567 e. The highest BCUT2D eigenvalue weighted by Gasteiger charge is 2.29. The smallest absolute Gasteiger partial charge is 0.468 e. The lowest BCUT2D eigenvalue weighted by atomic mass is 10.3. The first-order valence-corrected chi connectivity index (χ1v) is 7.60. The Balaban J connectivity index is 2.28. The van der Waals surface area contributed by atoms with Crippen LogP contribution in [0, 0.1) is 0 Å². The molecule has 7 heteroatoms. The van der Waals surface area contributed by atoms with Gasteiger partial charge in [-0.2, -0.15) is 0 Å². The fourth-order valence-electron chi connectivity index (χ4n) is 1.45. The average molecular weight is 306 g/mol. The quantitative estimate of drug-likeness (QED) is 0.521. The zero-order valence-electron chi connectivity index (χ0n) is 11.4. The van der Waals surface area contributed by atoms with Gasteiger partial charge in [-0.25, -0.2) is 4.57 Å². The summed E-state index contributed by atoms with van der Waals surface area (Å²) < 4.78 is 31.9. The van der Waals surface area contributed by atoms with Crippen LogP contribution < -0.4 is 14.8 Å². The highest BCUT2D eigenvalue weighted by Crippen LogP contribution is 2.49. The van der Waals surface area contributed by atoms with Crippen LogP contribution in [0.15, 0.2) is 65.4 Å². The van der Waals surface area contributed by atoms with Gasteiger partial charge in [0.05, 0.1) is 7.11 Å². The molecule has 0 atom stereocenters. The number of rotatable bonds is 5. The maximum absolute atomic E-state index is 12.7. The SMILES string of the molecule is CO/C(N)=N\P(=O)(Oc1ccccc1)Oc1ccccc1. The Morgan fingerprint density at radius 3 is 1.76 bits per heavy atom. The first kappa shape index (κ1) is 14.9. The summed E-state index contributed by atoms with van der Waals surface area (Å²) in [5.74, 6) is 0.703. The van der Waals surface area contributed by atoms with Gasteiger partial charge in [0.2, 0.25) is 0 Å². The fourth-order valence-corrected chi connectivity index (χ4v) is 2.67. The third-order valence-electron chi connectivity index (χ3n) is 2.36. The van der Waals surface area contributed by atoms with Crippen LogP contribution in [0.25, 0.3) is 0 Å². The first-order valence-electron chi connectivity index (χ1n) is 6.10. The monoisotopic (exact) mass is 306 g/mol. The van der Waals surface area contributed by atoms with E-state index in [0.717, 1.165) is 0 Å². The van der Waals surface area contributed by atoms with Crippen molar-refractivity contribution in [2.75, 3.05) is 7.11 Å². The van der Waals surface area contributed by atoms with Crippen molar-refractivity contribution < 1.29 is 18.3 Å². The molecular weight excluding hydrogens is 291 g/mol. The zero-order chi connectivity index (χ0) is 15.1. The summed E-state index contributed by atoms with van der Waals surface area (Å²) in [6.45, 7) is 0. The molecule has 0 unspecified atom stereocenters. The predicted molar refractivity (Wildman–Crippen MR) is 80.4 cm³/mol. The van der Waals surface area contributed by atoms with Gasteiger partial charge in [0.15, 0.2) is 0 Å². The second-order valence-electron chi connectivity index (χ2n) is 3.92. The lowest BCUT2D eigenvalue weighted by Crippen LogP contribution is -2.15. The molecule has 2 rings (SSSR count). The molecule has 2 aromatic carbocycles. The molecule has 6 nitrogen and oxygen atoms in total. The van der Waals surface area contributed by atoms with Crippen LogP contribution in [0.4, 0.5) is 0 Å². The van der Waals surface area contributed by atoms with E-state index in [4.69, 9.17) is 19.5 Å². The van der Waals surface area contributed by atoms with E-state index in [1.165, 1.54) is 7.11 Å². The van der Waals surface area contributed by atoms with Crippen molar-refractivity contribution in [3.8, 4) is 11.5 Å². The molecule has 2 N–H and O–H groups in total. The minimum atomic E-state index is -3.90. The maximum atomic E-state index is 12.7. The highest BCUT2D eigenvalue weighted by atomic mass is 31.2. The minimum absolute atomic E-state index is 0.287. The van der Waals surface area contributed by atoms with Crippen LogP contribution in [0.2, 0.25) is 0 Å². The van der Waals surface area contributed by atoms with Crippen molar-refractivity contribution in [3.63, 3.8) is 0 Å². The Morgan fingerprint density at radius 1 is 0.952 bits per heavy atom. The zero-order valence-corrected chi connectivity index (χ0v) is 12.3. The maximum Gasteiger partial charge on any atom is 0.567 e. The minimum Gasteiger partial charge on any atom is -0.468 e. The second-order valence-corrected chi connectivity index (χ2v) is 5.42. The summed E-state index contributed by atoms with van der Waals surface area (Å²) in [4.78, 5) is 0. The predicted octanol–water partition coefficient (Wildman–Crippen LogP) is 3.21. The Morgan fingerprint density at radius 2 is 1.38 bits per heavy atom. The van der Waals surface area contributed by atoms with Gasteiger partial charge < -0.3 is 19.5 Å². The van der Waals surface area contributed by atoms with Crippen LogP contribution in [0.3, 0.4) is 0 Å². The van der Waals surface area contributed by atoms with E-state index in [1.807, 2.05) is 12.1 Å². The van der Waals surface area contributed by atoms with Gasteiger partial charge >= 0.3 is 7.75 Å². The lowest BCUT2D eigenvalue weighted by molar-refractivity contribution is 0.374.